The van der Waals surface area contributed by atoms with Gasteiger partial charge in [0.25, 0.3) is 5.91 Å². The van der Waals surface area contributed by atoms with E-state index in [1.54, 1.807) is 13.2 Å². The molecule has 0 saturated heterocycles. The molecule has 0 aliphatic heterocycles. The van der Waals surface area contributed by atoms with Gasteiger partial charge >= 0.3 is 0 Å². The summed E-state index contributed by atoms with van der Waals surface area (Å²) in [6.07, 6.45) is 2.57. The molecule has 1 aromatic heterocycles. The van der Waals surface area contributed by atoms with Crippen molar-refractivity contribution in [1.82, 2.24) is 15.2 Å². The quantitative estimate of drug-likeness (QED) is 0.872. The fraction of sp³-hybridized carbons (Fsp3) is 0.333. The molecule has 0 radical (unpaired) electrons. The van der Waals surface area contributed by atoms with Gasteiger partial charge in [-0.1, -0.05) is 25.1 Å². The molecule has 0 spiro atoms. The number of nitrogens with one attached hydrogen (secondary N) is 2. The number of likely N-dealkylation sites (N-methyl/N-ethyl adjacent to an activating group) is 1. The molecule has 0 aliphatic carbocycles. The Kier molecular flexibility index (Phi) is 4.40. The lowest BCUT2D eigenvalue weighted by Gasteiger charge is -2.16. The monoisotopic (exact) mass is 273 g/mol. The number of aromatic amines is 1. The molecule has 0 fully saturated rings. The van der Waals surface area contributed by atoms with Crippen molar-refractivity contribution in [3.8, 4) is 0 Å². The van der Waals surface area contributed by atoms with Gasteiger partial charge in [-0.25, -0.2) is 0 Å². The Labute approximate surface area is 118 Å². The van der Waals surface area contributed by atoms with Crippen molar-refractivity contribution >= 4 is 22.7 Å². The normalized spacial score (nSPS) is 10.5. The lowest BCUT2D eigenvalue weighted by molar-refractivity contribution is -0.121. The fourth-order valence-corrected chi connectivity index (χ4v) is 2.06. The molecule has 0 saturated carbocycles. The molecule has 0 unspecified atom stereocenters. The van der Waals surface area contributed by atoms with E-state index in [9.17, 15) is 9.59 Å². The second kappa shape index (κ2) is 6.23. The summed E-state index contributed by atoms with van der Waals surface area (Å²) in [5.74, 6) is -0.295. The van der Waals surface area contributed by atoms with Crippen LogP contribution < -0.4 is 5.32 Å². The number of carbonyl (C=O) groups is 2. The first kappa shape index (κ1) is 14.1. The van der Waals surface area contributed by atoms with Gasteiger partial charge in [-0.3, -0.25) is 9.59 Å². The third-order valence-electron chi connectivity index (χ3n) is 3.12. The molecule has 1 heterocycles. The summed E-state index contributed by atoms with van der Waals surface area (Å²) < 4.78 is 0. The summed E-state index contributed by atoms with van der Waals surface area (Å²) >= 11 is 0. The van der Waals surface area contributed by atoms with Crippen molar-refractivity contribution in [2.24, 2.45) is 0 Å². The number of hydrogen-bond donors (Lipinski definition) is 2. The van der Waals surface area contributed by atoms with E-state index in [1.165, 1.54) is 4.90 Å². The largest absolute Gasteiger partial charge is 0.360 e. The molecule has 1 aromatic carbocycles. The molecule has 2 amide bonds. The van der Waals surface area contributed by atoms with Gasteiger partial charge in [-0.15, -0.1) is 0 Å². The summed E-state index contributed by atoms with van der Waals surface area (Å²) in [5, 5.41) is 3.63. The molecule has 0 atom stereocenters. The number of amides is 2. The average molecular weight is 273 g/mol. The van der Waals surface area contributed by atoms with Gasteiger partial charge < -0.3 is 15.2 Å². The highest BCUT2D eigenvalue weighted by Crippen LogP contribution is 2.18. The minimum atomic E-state index is -0.158. The van der Waals surface area contributed by atoms with E-state index in [4.69, 9.17) is 0 Å². The van der Waals surface area contributed by atoms with Crippen LogP contribution in [-0.2, 0) is 4.79 Å². The topological polar surface area (TPSA) is 65.2 Å². The molecule has 5 heteroatoms. The molecule has 2 aromatic rings. The SMILES string of the molecule is CCCNC(=O)CN(C)C(=O)c1c[nH]c2ccccc12. The van der Waals surface area contributed by atoms with Crippen LogP contribution in [0.2, 0.25) is 0 Å². The van der Waals surface area contributed by atoms with E-state index < -0.39 is 0 Å². The maximum absolute atomic E-state index is 12.4. The average Bonchev–Trinajstić information content (AvgIpc) is 2.88. The standard InChI is InChI=1S/C15H19N3O2/c1-3-8-16-14(19)10-18(2)15(20)12-9-17-13-7-5-4-6-11(12)13/h4-7,9,17H,3,8,10H2,1-2H3,(H,16,19). The number of benzene rings is 1. The first-order chi connectivity index (χ1) is 9.63. The second-order valence-corrected chi connectivity index (χ2v) is 4.76. The zero-order valence-corrected chi connectivity index (χ0v) is 11.8. The molecular weight excluding hydrogens is 254 g/mol. The van der Waals surface area contributed by atoms with E-state index in [-0.39, 0.29) is 18.4 Å². The zero-order chi connectivity index (χ0) is 14.5. The Morgan fingerprint density at radius 1 is 1.30 bits per heavy atom. The maximum Gasteiger partial charge on any atom is 0.256 e. The number of fused-ring (bicyclic) bond motifs is 1. The fourth-order valence-electron chi connectivity index (χ4n) is 2.06. The van der Waals surface area contributed by atoms with Crippen molar-refractivity contribution in [2.45, 2.75) is 13.3 Å². The third-order valence-corrected chi connectivity index (χ3v) is 3.12. The predicted octanol–water partition coefficient (Wildman–Crippen LogP) is 1.77. The van der Waals surface area contributed by atoms with Crippen LogP contribution in [0.1, 0.15) is 23.7 Å². The molecule has 20 heavy (non-hydrogen) atoms. The third kappa shape index (κ3) is 2.99. The van der Waals surface area contributed by atoms with E-state index in [1.807, 2.05) is 31.2 Å². The summed E-state index contributed by atoms with van der Waals surface area (Å²) in [6, 6.07) is 7.61. The predicted molar refractivity (Wildman–Crippen MR) is 78.6 cm³/mol. The molecule has 5 nitrogen and oxygen atoms in total. The van der Waals surface area contributed by atoms with Crippen LogP contribution in [0.4, 0.5) is 0 Å². The van der Waals surface area contributed by atoms with Crippen molar-refractivity contribution in [1.29, 1.82) is 0 Å². The molecule has 106 valence electrons. The van der Waals surface area contributed by atoms with Gasteiger partial charge in [0.2, 0.25) is 5.91 Å². The smallest absolute Gasteiger partial charge is 0.256 e. The van der Waals surface area contributed by atoms with Crippen molar-refractivity contribution in [3.63, 3.8) is 0 Å². The molecule has 2 rings (SSSR count). The van der Waals surface area contributed by atoms with Gasteiger partial charge in [0.1, 0.15) is 0 Å². The zero-order valence-electron chi connectivity index (χ0n) is 11.8. The van der Waals surface area contributed by atoms with Crippen LogP contribution in [-0.4, -0.2) is 41.8 Å². The van der Waals surface area contributed by atoms with Crippen LogP contribution >= 0.6 is 0 Å². The minimum Gasteiger partial charge on any atom is -0.360 e. The first-order valence-electron chi connectivity index (χ1n) is 6.71. The number of hydrogen-bond acceptors (Lipinski definition) is 2. The summed E-state index contributed by atoms with van der Waals surface area (Å²) in [7, 11) is 1.63. The van der Waals surface area contributed by atoms with Gasteiger partial charge in [0, 0.05) is 30.7 Å². The van der Waals surface area contributed by atoms with E-state index >= 15 is 0 Å². The number of nitrogens with zero attached hydrogens (tertiary/aromatic N) is 1. The lowest BCUT2D eigenvalue weighted by atomic mass is 10.1. The van der Waals surface area contributed by atoms with Crippen molar-refractivity contribution < 1.29 is 9.59 Å². The summed E-state index contributed by atoms with van der Waals surface area (Å²) in [5.41, 5.74) is 1.51. The number of rotatable bonds is 5. The number of H-pyrrole nitrogens is 1. The van der Waals surface area contributed by atoms with Crippen LogP contribution in [0, 0.1) is 0 Å². The summed E-state index contributed by atoms with van der Waals surface area (Å²) in [4.78, 5) is 28.5. The van der Waals surface area contributed by atoms with Crippen LogP contribution in [0.15, 0.2) is 30.5 Å². The lowest BCUT2D eigenvalue weighted by Crippen LogP contribution is -2.38. The maximum atomic E-state index is 12.4. The molecule has 0 bridgehead atoms. The summed E-state index contributed by atoms with van der Waals surface area (Å²) in [6.45, 7) is 2.69. The molecular formula is C15H19N3O2. The highest BCUT2D eigenvalue weighted by Gasteiger charge is 2.17. The minimum absolute atomic E-state index is 0.0678. The highest BCUT2D eigenvalue weighted by atomic mass is 16.2. The Balaban J connectivity index is 2.09. The molecule has 0 aliphatic rings. The van der Waals surface area contributed by atoms with Gasteiger partial charge in [-0.2, -0.15) is 0 Å². The van der Waals surface area contributed by atoms with E-state index in [0.717, 1.165) is 17.3 Å². The number of para-hydroxylation sites is 1. The van der Waals surface area contributed by atoms with Crippen molar-refractivity contribution in [3.05, 3.63) is 36.0 Å². The van der Waals surface area contributed by atoms with Crippen molar-refractivity contribution in [2.75, 3.05) is 20.1 Å². The molecule has 2 N–H and O–H groups in total. The Morgan fingerprint density at radius 2 is 2.05 bits per heavy atom. The van der Waals surface area contributed by atoms with Gasteiger partial charge in [0.05, 0.1) is 12.1 Å². The van der Waals surface area contributed by atoms with E-state index in [0.29, 0.717) is 12.1 Å². The Morgan fingerprint density at radius 3 is 2.80 bits per heavy atom. The number of carbonyl (C=O) groups excluding carboxylic acids is 2. The Bertz CT molecular complexity index is 618. The Hall–Kier alpha value is -2.30. The van der Waals surface area contributed by atoms with Crippen LogP contribution in [0.5, 0.6) is 0 Å². The van der Waals surface area contributed by atoms with Crippen LogP contribution in [0.3, 0.4) is 0 Å². The first-order valence-corrected chi connectivity index (χ1v) is 6.71. The van der Waals surface area contributed by atoms with Gasteiger partial charge in [-0.05, 0) is 12.5 Å². The van der Waals surface area contributed by atoms with Gasteiger partial charge in [0.15, 0.2) is 0 Å². The highest BCUT2D eigenvalue weighted by molar-refractivity contribution is 6.07. The number of aromatic nitrogens is 1. The second-order valence-electron chi connectivity index (χ2n) is 4.76. The van der Waals surface area contributed by atoms with Crippen LogP contribution in [0.25, 0.3) is 10.9 Å². The van der Waals surface area contributed by atoms with E-state index in [2.05, 4.69) is 10.3 Å².